The molecule has 2 aromatic rings. The van der Waals surface area contributed by atoms with E-state index < -0.39 is 59.9 Å². The maximum atomic E-state index is 12.2. The Balaban J connectivity index is 1.72. The number of aromatic amines is 1. The Kier molecular flexibility index (Phi) is 6.96. The van der Waals surface area contributed by atoms with E-state index in [0.29, 0.717) is 6.66 Å². The van der Waals surface area contributed by atoms with Crippen molar-refractivity contribution in [3.63, 3.8) is 0 Å². The Labute approximate surface area is 178 Å². The SMILES string of the molecule is Cc1nc2c(ncn2[C@@H]2O[C@H](COP(C)(=O)OP(=O)(O)OP(=O)(O)O)C(O)[C@@H]2O)c(=O)[nH]1. The molecule has 6 atom stereocenters. The molecule has 17 nitrogen and oxygen atoms in total. The van der Waals surface area contributed by atoms with Crippen molar-refractivity contribution >= 4 is 34.4 Å². The minimum absolute atomic E-state index is 0.0456. The van der Waals surface area contributed by atoms with Crippen LogP contribution >= 0.6 is 23.2 Å². The lowest BCUT2D eigenvalue weighted by atomic mass is 10.1. The Morgan fingerprint density at radius 3 is 2.47 bits per heavy atom. The number of hydrogen-bond donors (Lipinski definition) is 6. The molecular weight excluding hydrogens is 501 g/mol. The Morgan fingerprint density at radius 2 is 1.84 bits per heavy atom. The average Bonchev–Trinajstić information content (AvgIpc) is 3.12. The molecule has 32 heavy (non-hydrogen) atoms. The molecule has 0 bridgehead atoms. The third-order valence-electron chi connectivity index (χ3n) is 4.10. The predicted molar refractivity (Wildman–Crippen MR) is 102 cm³/mol. The monoisotopic (exact) mass is 520 g/mol. The number of rotatable bonds is 8. The number of phosphoric acid groups is 2. The largest absolute Gasteiger partial charge is 0.488 e. The van der Waals surface area contributed by atoms with E-state index >= 15 is 0 Å². The molecule has 3 heterocycles. The maximum absolute atomic E-state index is 12.2. The lowest BCUT2D eigenvalue weighted by Gasteiger charge is -2.20. The summed E-state index contributed by atoms with van der Waals surface area (Å²) in [7, 11) is -15.4. The number of aromatic nitrogens is 4. The van der Waals surface area contributed by atoms with E-state index in [1.165, 1.54) is 11.5 Å². The minimum atomic E-state index is -5.47. The van der Waals surface area contributed by atoms with Gasteiger partial charge in [-0.3, -0.25) is 13.9 Å². The highest BCUT2D eigenvalue weighted by atomic mass is 31.3. The molecule has 180 valence electrons. The zero-order chi connectivity index (χ0) is 24.1. The number of aryl methyl sites for hydroxylation is 1. The number of aliphatic hydroxyl groups is 2. The molecule has 1 saturated heterocycles. The molecule has 2 aromatic heterocycles. The molecule has 1 aliphatic rings. The van der Waals surface area contributed by atoms with E-state index in [0.717, 1.165) is 6.33 Å². The second-order valence-corrected chi connectivity index (χ2v) is 11.7. The number of nitrogens with one attached hydrogen (secondary N) is 1. The van der Waals surface area contributed by atoms with Gasteiger partial charge in [-0.2, -0.15) is 4.31 Å². The normalized spacial score (nSPS) is 28.0. The van der Waals surface area contributed by atoms with Gasteiger partial charge in [0.25, 0.3) is 5.56 Å². The molecule has 3 rings (SSSR count). The second-order valence-electron chi connectivity index (χ2n) is 6.71. The van der Waals surface area contributed by atoms with Gasteiger partial charge in [0.05, 0.1) is 12.9 Å². The highest BCUT2D eigenvalue weighted by Gasteiger charge is 2.46. The molecule has 0 aromatic carbocycles. The van der Waals surface area contributed by atoms with Crippen molar-refractivity contribution in [2.24, 2.45) is 0 Å². The van der Waals surface area contributed by atoms with Gasteiger partial charge >= 0.3 is 23.2 Å². The number of hydrogen-bond acceptors (Lipinski definition) is 12. The van der Waals surface area contributed by atoms with E-state index in [4.69, 9.17) is 19.0 Å². The number of H-pyrrole nitrogens is 1. The first kappa shape index (κ1) is 25.3. The zero-order valence-corrected chi connectivity index (χ0v) is 19.0. The van der Waals surface area contributed by atoms with E-state index in [2.05, 4.69) is 23.6 Å². The minimum Gasteiger partial charge on any atom is -0.387 e. The smallest absolute Gasteiger partial charge is 0.387 e. The van der Waals surface area contributed by atoms with Crippen molar-refractivity contribution < 1.29 is 56.5 Å². The third kappa shape index (κ3) is 5.78. The number of imidazole rings is 1. The molecule has 1 aliphatic heterocycles. The van der Waals surface area contributed by atoms with Gasteiger partial charge in [-0.05, 0) is 6.92 Å². The molecule has 3 unspecified atom stereocenters. The summed E-state index contributed by atoms with van der Waals surface area (Å²) in [6.45, 7) is 1.49. The standard InChI is InChI=1S/C12H19N4O13P3/c1-5-14-10-7(11(19)15-5)13-4-16(10)12-9(18)8(17)6(27-12)3-26-30(2,20)28-32(24,25)29-31(21,22)23/h4,6,8-9,12,17-18H,3H2,1-2H3,(H,24,25)(H,14,15,19)(H2,21,22,23)/t6-,8?,9+,12-,30?/m1/s1. The van der Waals surface area contributed by atoms with Crippen LogP contribution in [0.2, 0.25) is 0 Å². The van der Waals surface area contributed by atoms with Gasteiger partial charge in [0.2, 0.25) is 0 Å². The van der Waals surface area contributed by atoms with Crippen LogP contribution in [0.1, 0.15) is 12.1 Å². The van der Waals surface area contributed by atoms with Crippen LogP contribution in [0.5, 0.6) is 0 Å². The maximum Gasteiger partial charge on any atom is 0.488 e. The van der Waals surface area contributed by atoms with Crippen molar-refractivity contribution in [3.05, 3.63) is 22.5 Å². The number of nitrogens with zero attached hydrogens (tertiary/aromatic N) is 3. The van der Waals surface area contributed by atoms with Gasteiger partial charge in [-0.1, -0.05) is 0 Å². The van der Waals surface area contributed by atoms with E-state index in [-0.39, 0.29) is 17.0 Å². The molecule has 6 N–H and O–H groups in total. The van der Waals surface area contributed by atoms with Crippen LogP contribution in [0.3, 0.4) is 0 Å². The van der Waals surface area contributed by atoms with Crippen LogP contribution in [0, 0.1) is 6.92 Å². The lowest BCUT2D eigenvalue weighted by molar-refractivity contribution is -0.0482. The third-order valence-corrected chi connectivity index (χ3v) is 8.40. The van der Waals surface area contributed by atoms with Crippen molar-refractivity contribution in [2.45, 2.75) is 31.5 Å². The number of ether oxygens (including phenoxy) is 1. The van der Waals surface area contributed by atoms with Crippen LogP contribution in [-0.4, -0.2) is 76.0 Å². The first-order valence-corrected chi connectivity index (χ1v) is 13.6. The van der Waals surface area contributed by atoms with Crippen LogP contribution in [0.25, 0.3) is 11.2 Å². The van der Waals surface area contributed by atoms with Crippen molar-refractivity contribution in [3.8, 4) is 0 Å². The first-order valence-electron chi connectivity index (χ1n) is 8.57. The number of fused-ring (bicyclic) bond motifs is 1. The van der Waals surface area contributed by atoms with Gasteiger partial charge < -0.3 is 39.1 Å². The highest BCUT2D eigenvalue weighted by molar-refractivity contribution is 7.68. The molecule has 0 saturated carbocycles. The molecule has 1 fully saturated rings. The Morgan fingerprint density at radius 1 is 1.19 bits per heavy atom. The molecule has 20 heteroatoms. The molecule has 0 spiro atoms. The molecule has 0 aliphatic carbocycles. The Hall–Kier alpha value is -1.32. The fourth-order valence-electron chi connectivity index (χ4n) is 2.89. The summed E-state index contributed by atoms with van der Waals surface area (Å²) in [4.78, 5) is 48.9. The van der Waals surface area contributed by atoms with Crippen molar-refractivity contribution in [2.75, 3.05) is 13.3 Å². The fourth-order valence-corrected chi connectivity index (χ4v) is 6.46. The predicted octanol–water partition coefficient (Wildman–Crippen LogP) is -0.887. The van der Waals surface area contributed by atoms with E-state index in [9.17, 15) is 33.6 Å². The van der Waals surface area contributed by atoms with Crippen molar-refractivity contribution in [1.29, 1.82) is 0 Å². The summed E-state index contributed by atoms with van der Waals surface area (Å²) in [5, 5.41) is 20.6. The van der Waals surface area contributed by atoms with Crippen LogP contribution < -0.4 is 5.56 Å². The highest BCUT2D eigenvalue weighted by Crippen LogP contribution is 2.66. The summed E-state index contributed by atoms with van der Waals surface area (Å²) in [6, 6.07) is 0. The quantitative estimate of drug-likeness (QED) is 0.231. The summed E-state index contributed by atoms with van der Waals surface area (Å²) in [5.74, 6) is 0.257. The summed E-state index contributed by atoms with van der Waals surface area (Å²) < 4.78 is 53.7. The van der Waals surface area contributed by atoms with Crippen molar-refractivity contribution in [1.82, 2.24) is 19.5 Å². The van der Waals surface area contributed by atoms with Gasteiger partial charge in [0, 0.05) is 6.66 Å². The van der Waals surface area contributed by atoms with Crippen LogP contribution in [-0.2, 0) is 31.6 Å². The molecule has 0 amide bonds. The average molecular weight is 520 g/mol. The fraction of sp³-hybridized carbons (Fsp3) is 0.583. The van der Waals surface area contributed by atoms with Gasteiger partial charge in [0.1, 0.15) is 24.1 Å². The Bertz CT molecular complexity index is 1210. The van der Waals surface area contributed by atoms with Gasteiger partial charge in [0.15, 0.2) is 17.4 Å². The van der Waals surface area contributed by atoms with Crippen LogP contribution in [0.15, 0.2) is 11.1 Å². The van der Waals surface area contributed by atoms with Gasteiger partial charge in [-0.25, -0.2) is 23.4 Å². The second kappa shape index (κ2) is 8.80. The summed E-state index contributed by atoms with van der Waals surface area (Å²) in [5.41, 5.74) is -0.519. The van der Waals surface area contributed by atoms with Gasteiger partial charge in [-0.15, -0.1) is 0 Å². The zero-order valence-electron chi connectivity index (χ0n) is 16.3. The summed E-state index contributed by atoms with van der Waals surface area (Å²) in [6.07, 6.45) is -4.63. The number of aliphatic hydroxyl groups excluding tert-OH is 2. The van der Waals surface area contributed by atoms with E-state index in [1.807, 2.05) is 0 Å². The lowest BCUT2D eigenvalue weighted by Crippen LogP contribution is -2.33. The first-order chi connectivity index (χ1) is 14.6. The molecule has 0 radical (unpaired) electrons. The van der Waals surface area contributed by atoms with Crippen LogP contribution in [0.4, 0.5) is 0 Å². The summed E-state index contributed by atoms with van der Waals surface area (Å²) >= 11 is 0. The topological polar surface area (TPSA) is 253 Å². The molecular formula is C12H19N4O13P3. The van der Waals surface area contributed by atoms with E-state index in [1.54, 1.807) is 0 Å².